The molecule has 0 N–H and O–H groups in total. The zero-order chi connectivity index (χ0) is 11.6. The fourth-order valence-corrected chi connectivity index (χ4v) is 3.27. The number of hydrogen-bond acceptors (Lipinski definition) is 2. The quantitative estimate of drug-likeness (QED) is 0.571. The zero-order valence-electron chi connectivity index (χ0n) is 9.19. The van der Waals surface area contributed by atoms with E-state index in [9.17, 15) is 9.59 Å². The number of carbonyl (C=O) groups is 2. The molecule has 2 heterocycles. The largest absolute Gasteiger partial charge is 0.272 e. The number of hydrazine groups is 1. The molecule has 2 bridgehead atoms. The van der Waals surface area contributed by atoms with Crippen LogP contribution in [0.4, 0.5) is 0 Å². The van der Waals surface area contributed by atoms with Crippen LogP contribution in [-0.4, -0.2) is 33.9 Å². The van der Waals surface area contributed by atoms with E-state index in [1.165, 1.54) is 0 Å². The van der Waals surface area contributed by atoms with Crippen molar-refractivity contribution in [1.82, 2.24) is 10.0 Å². The molecule has 0 radical (unpaired) electrons. The monoisotopic (exact) mass is 228 g/mol. The second-order valence-corrected chi connectivity index (χ2v) is 4.94. The van der Waals surface area contributed by atoms with Gasteiger partial charge in [0.1, 0.15) is 0 Å². The first-order valence-corrected chi connectivity index (χ1v) is 5.97. The molecule has 4 heteroatoms. The highest BCUT2D eigenvalue weighted by atomic mass is 16.2. The molecule has 17 heavy (non-hydrogen) atoms. The third-order valence-electron chi connectivity index (χ3n) is 4.06. The van der Waals surface area contributed by atoms with Crippen LogP contribution in [0.5, 0.6) is 0 Å². The van der Waals surface area contributed by atoms with E-state index >= 15 is 0 Å². The summed E-state index contributed by atoms with van der Waals surface area (Å²) in [6.07, 6.45) is 12.3. The minimum absolute atomic E-state index is 0.0621. The minimum atomic E-state index is -0.295. The molecule has 4 rings (SSSR count). The number of allylic oxidation sites excluding steroid dienone is 2. The van der Waals surface area contributed by atoms with E-state index in [0.29, 0.717) is 0 Å². The van der Waals surface area contributed by atoms with Crippen molar-refractivity contribution in [3.05, 3.63) is 36.5 Å². The maximum Gasteiger partial charge on any atom is 0.249 e. The molecule has 0 saturated carbocycles. The Morgan fingerprint density at radius 2 is 1.29 bits per heavy atom. The van der Waals surface area contributed by atoms with Gasteiger partial charge in [-0.1, -0.05) is 36.5 Å². The summed E-state index contributed by atoms with van der Waals surface area (Å²) in [6, 6.07) is 0.188. The van der Waals surface area contributed by atoms with Crippen molar-refractivity contribution in [1.29, 1.82) is 0 Å². The van der Waals surface area contributed by atoms with E-state index in [1.54, 1.807) is 10.0 Å². The maximum atomic E-state index is 12.4. The molecule has 86 valence electrons. The summed E-state index contributed by atoms with van der Waals surface area (Å²) in [7, 11) is 0. The normalized spacial score (nSPS) is 41.2. The van der Waals surface area contributed by atoms with Gasteiger partial charge in [0.25, 0.3) is 0 Å². The summed E-state index contributed by atoms with van der Waals surface area (Å²) >= 11 is 0. The Balaban J connectivity index is 1.81. The van der Waals surface area contributed by atoms with Gasteiger partial charge in [0.15, 0.2) is 0 Å². The molecule has 2 amide bonds. The Labute approximate surface area is 98.8 Å². The van der Waals surface area contributed by atoms with Crippen molar-refractivity contribution in [2.45, 2.75) is 18.5 Å². The molecule has 2 aliphatic carbocycles. The molecule has 4 aliphatic rings. The van der Waals surface area contributed by atoms with Crippen molar-refractivity contribution >= 4 is 11.8 Å². The summed E-state index contributed by atoms with van der Waals surface area (Å²) in [6.45, 7) is 0. The molecular formula is C13H12N2O2. The van der Waals surface area contributed by atoms with Crippen LogP contribution in [0, 0.1) is 11.8 Å². The first kappa shape index (κ1) is 9.22. The van der Waals surface area contributed by atoms with Gasteiger partial charge in [-0.05, 0) is 6.42 Å². The number of carbonyl (C=O) groups excluding carboxylic acids is 2. The molecule has 2 aliphatic heterocycles. The van der Waals surface area contributed by atoms with Crippen molar-refractivity contribution < 1.29 is 9.59 Å². The average Bonchev–Trinajstić information content (AvgIpc) is 2.96. The number of nitrogens with zero attached hydrogens (tertiary/aromatic N) is 2. The molecule has 0 spiro atoms. The van der Waals surface area contributed by atoms with Gasteiger partial charge in [0.05, 0.1) is 23.9 Å². The Bertz CT molecular complexity index is 462. The van der Waals surface area contributed by atoms with Crippen LogP contribution >= 0.6 is 0 Å². The number of fused-ring (bicyclic) bond motifs is 6. The van der Waals surface area contributed by atoms with Gasteiger partial charge in [-0.25, -0.2) is 10.0 Å². The highest BCUT2D eigenvalue weighted by Gasteiger charge is 2.54. The van der Waals surface area contributed by atoms with E-state index in [1.807, 2.05) is 36.5 Å². The van der Waals surface area contributed by atoms with Crippen LogP contribution in [-0.2, 0) is 9.59 Å². The van der Waals surface area contributed by atoms with Gasteiger partial charge in [-0.3, -0.25) is 9.59 Å². The van der Waals surface area contributed by atoms with Crippen LogP contribution in [0.1, 0.15) is 6.42 Å². The van der Waals surface area contributed by atoms with Crippen molar-refractivity contribution in [3.63, 3.8) is 0 Å². The third-order valence-corrected chi connectivity index (χ3v) is 4.06. The Hall–Kier alpha value is -1.84. The van der Waals surface area contributed by atoms with Crippen LogP contribution in [0.25, 0.3) is 0 Å². The van der Waals surface area contributed by atoms with Crippen LogP contribution in [0.3, 0.4) is 0 Å². The van der Waals surface area contributed by atoms with Gasteiger partial charge >= 0.3 is 0 Å². The molecule has 0 aromatic rings. The number of amides is 2. The lowest BCUT2D eigenvalue weighted by molar-refractivity contribution is -0.177. The Morgan fingerprint density at radius 3 is 1.76 bits per heavy atom. The molecule has 0 aromatic heterocycles. The van der Waals surface area contributed by atoms with E-state index in [2.05, 4.69) is 0 Å². The SMILES string of the molecule is O=C1C2C=CC=CC2C(=O)N2C3C=CC(C3)N12. The summed E-state index contributed by atoms with van der Waals surface area (Å²) in [5.41, 5.74) is 0. The lowest BCUT2D eigenvalue weighted by Crippen LogP contribution is -2.61. The molecule has 2 fully saturated rings. The van der Waals surface area contributed by atoms with Crippen LogP contribution < -0.4 is 0 Å². The Morgan fingerprint density at radius 1 is 0.824 bits per heavy atom. The van der Waals surface area contributed by atoms with E-state index < -0.39 is 0 Å². The molecule has 4 nitrogen and oxygen atoms in total. The lowest BCUT2D eigenvalue weighted by Gasteiger charge is -2.44. The zero-order valence-corrected chi connectivity index (χ0v) is 9.19. The maximum absolute atomic E-state index is 12.4. The van der Waals surface area contributed by atoms with E-state index in [0.717, 1.165) is 6.42 Å². The second kappa shape index (κ2) is 2.88. The highest BCUT2D eigenvalue weighted by molar-refractivity contribution is 5.96. The highest BCUT2D eigenvalue weighted by Crippen LogP contribution is 2.41. The standard InChI is InChI=1S/C13H12N2O2/c16-12-10-3-1-2-4-11(10)13(17)15-9-6-5-8(7-9)14(12)15/h1-6,8-11H,7H2. The fourth-order valence-electron chi connectivity index (χ4n) is 3.27. The van der Waals surface area contributed by atoms with Crippen molar-refractivity contribution in [3.8, 4) is 0 Å². The van der Waals surface area contributed by atoms with Gasteiger partial charge in [0, 0.05) is 0 Å². The first-order valence-electron chi connectivity index (χ1n) is 5.97. The molecule has 2 saturated heterocycles. The summed E-state index contributed by atoms with van der Waals surface area (Å²) < 4.78 is 0. The van der Waals surface area contributed by atoms with Crippen molar-refractivity contribution in [2.24, 2.45) is 11.8 Å². The predicted octanol–water partition coefficient (Wildman–Crippen LogP) is 0.641. The van der Waals surface area contributed by atoms with Gasteiger partial charge in [-0.15, -0.1) is 0 Å². The molecule has 4 atom stereocenters. The molecular weight excluding hydrogens is 216 g/mol. The smallest absolute Gasteiger partial charge is 0.249 e. The third kappa shape index (κ3) is 0.983. The van der Waals surface area contributed by atoms with Gasteiger partial charge < -0.3 is 0 Å². The summed E-state index contributed by atoms with van der Waals surface area (Å²) in [4.78, 5) is 24.8. The fraction of sp³-hybridized carbons (Fsp3) is 0.385. The molecule has 4 unspecified atom stereocenters. The number of rotatable bonds is 0. The van der Waals surface area contributed by atoms with Gasteiger partial charge in [-0.2, -0.15) is 0 Å². The number of hydrogen-bond donors (Lipinski definition) is 0. The Kier molecular flexibility index (Phi) is 1.56. The van der Waals surface area contributed by atoms with Crippen LogP contribution in [0.15, 0.2) is 36.5 Å². The summed E-state index contributed by atoms with van der Waals surface area (Å²) in [5, 5.41) is 3.33. The van der Waals surface area contributed by atoms with E-state index in [-0.39, 0.29) is 35.7 Å². The van der Waals surface area contributed by atoms with Crippen molar-refractivity contribution in [2.75, 3.05) is 0 Å². The topological polar surface area (TPSA) is 40.6 Å². The second-order valence-electron chi connectivity index (χ2n) is 4.94. The predicted molar refractivity (Wildman–Crippen MR) is 60.3 cm³/mol. The minimum Gasteiger partial charge on any atom is -0.272 e. The average molecular weight is 228 g/mol. The van der Waals surface area contributed by atoms with E-state index in [4.69, 9.17) is 0 Å². The van der Waals surface area contributed by atoms with Gasteiger partial charge in [0.2, 0.25) is 11.8 Å². The molecule has 0 aromatic carbocycles. The lowest BCUT2D eigenvalue weighted by atomic mass is 9.84. The summed E-state index contributed by atoms with van der Waals surface area (Å²) in [5.74, 6) is -0.466. The first-order chi connectivity index (χ1) is 8.27. The van der Waals surface area contributed by atoms with Crippen LogP contribution in [0.2, 0.25) is 0 Å².